The van der Waals surface area contributed by atoms with E-state index in [0.717, 1.165) is 0 Å². The molecule has 0 aliphatic carbocycles. The molecule has 0 saturated heterocycles. The van der Waals surface area contributed by atoms with Crippen LogP contribution in [0.15, 0.2) is 5.51 Å². The van der Waals surface area contributed by atoms with E-state index in [1.54, 1.807) is 6.92 Å². The van der Waals surface area contributed by atoms with Gasteiger partial charge < -0.3 is 9.84 Å². The summed E-state index contributed by atoms with van der Waals surface area (Å²) < 4.78 is 4.78. The number of rotatable bonds is 2. The second-order valence-electron chi connectivity index (χ2n) is 2.21. The molecule has 1 aromatic heterocycles. The summed E-state index contributed by atoms with van der Waals surface area (Å²) in [4.78, 5) is 15.7. The minimum Gasteiger partial charge on any atom is -0.461 e. The maximum atomic E-state index is 11.3. The summed E-state index contributed by atoms with van der Waals surface area (Å²) >= 11 is 1.25. The topological polar surface area (TPSA) is 59.4 Å². The van der Waals surface area contributed by atoms with Gasteiger partial charge in [-0.05, 0) is 6.92 Å². The second-order valence-corrected chi connectivity index (χ2v) is 3.07. The van der Waals surface area contributed by atoms with Gasteiger partial charge in [0.2, 0.25) is 0 Å². The first-order chi connectivity index (χ1) is 6.79. The summed E-state index contributed by atoms with van der Waals surface area (Å²) in [6.45, 7) is 1.80. The highest BCUT2D eigenvalue weighted by molar-refractivity contribution is 7.10. The van der Waals surface area contributed by atoms with Gasteiger partial charge in [0.05, 0.1) is 12.1 Å². The van der Waals surface area contributed by atoms with Crippen LogP contribution in [0, 0.1) is 11.8 Å². The normalized spacial score (nSPS) is 9.00. The number of ether oxygens (including phenoxy) is 1. The highest BCUT2D eigenvalue weighted by Gasteiger charge is 2.13. The highest BCUT2D eigenvalue weighted by atomic mass is 32.1. The van der Waals surface area contributed by atoms with Crippen molar-refractivity contribution < 1.29 is 14.6 Å². The maximum Gasteiger partial charge on any atom is 0.359 e. The molecule has 0 spiro atoms. The molecule has 0 bridgehead atoms. The average molecular weight is 211 g/mol. The van der Waals surface area contributed by atoms with E-state index in [1.165, 1.54) is 16.8 Å². The highest BCUT2D eigenvalue weighted by Crippen LogP contribution is 2.12. The number of hydrogen-bond acceptors (Lipinski definition) is 5. The fourth-order valence-electron chi connectivity index (χ4n) is 0.800. The Labute approximate surface area is 85.5 Å². The summed E-state index contributed by atoms with van der Waals surface area (Å²) in [5.41, 5.74) is 1.74. The molecule has 0 aliphatic rings. The first-order valence-corrected chi connectivity index (χ1v) is 4.88. The number of carbonyl (C=O) groups excluding carboxylic acids is 1. The summed E-state index contributed by atoms with van der Waals surface area (Å²) in [6.07, 6.45) is 0. The van der Waals surface area contributed by atoms with Crippen LogP contribution >= 0.6 is 11.3 Å². The third kappa shape index (κ3) is 2.55. The first-order valence-electron chi connectivity index (χ1n) is 4.00. The van der Waals surface area contributed by atoms with Crippen LogP contribution in [0.5, 0.6) is 0 Å². The number of esters is 1. The van der Waals surface area contributed by atoms with E-state index in [4.69, 9.17) is 9.84 Å². The van der Waals surface area contributed by atoms with E-state index in [-0.39, 0.29) is 12.3 Å². The quantitative estimate of drug-likeness (QED) is 0.576. The molecule has 0 radical (unpaired) electrons. The molecular formula is C9H9NO3S. The molecule has 0 aromatic carbocycles. The van der Waals surface area contributed by atoms with E-state index in [9.17, 15) is 4.79 Å². The van der Waals surface area contributed by atoms with Crippen molar-refractivity contribution in [3.8, 4) is 11.8 Å². The maximum absolute atomic E-state index is 11.3. The van der Waals surface area contributed by atoms with E-state index in [2.05, 4.69) is 16.8 Å². The zero-order valence-electron chi connectivity index (χ0n) is 7.61. The van der Waals surface area contributed by atoms with Crippen LogP contribution in [0.2, 0.25) is 0 Å². The molecule has 0 fully saturated rings. The van der Waals surface area contributed by atoms with Crippen LogP contribution in [-0.2, 0) is 4.74 Å². The lowest BCUT2D eigenvalue weighted by Gasteiger charge is -1.97. The average Bonchev–Trinajstić information content (AvgIpc) is 2.63. The number of carbonyl (C=O) groups is 1. The lowest BCUT2D eigenvalue weighted by Crippen LogP contribution is -2.06. The van der Waals surface area contributed by atoms with Gasteiger partial charge in [-0.2, -0.15) is 0 Å². The summed E-state index contributed by atoms with van der Waals surface area (Å²) in [7, 11) is 0. The van der Waals surface area contributed by atoms with Gasteiger partial charge in [-0.25, -0.2) is 9.78 Å². The molecule has 4 nitrogen and oxygen atoms in total. The molecular weight excluding hydrogens is 202 g/mol. The summed E-state index contributed by atoms with van der Waals surface area (Å²) in [5.74, 6) is 4.62. The molecule has 0 saturated carbocycles. The number of aromatic nitrogens is 1. The lowest BCUT2D eigenvalue weighted by molar-refractivity contribution is 0.0520. The number of nitrogens with zero attached hydrogens (tertiary/aromatic N) is 1. The zero-order chi connectivity index (χ0) is 10.4. The fraction of sp³-hybridized carbons (Fsp3) is 0.333. The summed E-state index contributed by atoms with van der Waals surface area (Å²) in [6, 6.07) is 0. The number of aliphatic hydroxyl groups excluding tert-OH is 1. The van der Waals surface area contributed by atoms with Gasteiger partial charge in [0, 0.05) is 0 Å². The van der Waals surface area contributed by atoms with Gasteiger partial charge in [0.1, 0.15) is 11.5 Å². The van der Waals surface area contributed by atoms with Crippen LogP contribution in [0.25, 0.3) is 0 Å². The van der Waals surface area contributed by atoms with Crippen molar-refractivity contribution in [3.05, 3.63) is 16.1 Å². The standard InChI is InChI=1S/C9H9NO3S/c1-2-13-9(12)8-7(4-3-5-11)14-6-10-8/h6,11H,2,5H2,1H3. The van der Waals surface area contributed by atoms with Crippen molar-refractivity contribution in [1.29, 1.82) is 0 Å². The van der Waals surface area contributed by atoms with E-state index >= 15 is 0 Å². The smallest absolute Gasteiger partial charge is 0.359 e. The van der Waals surface area contributed by atoms with Crippen LogP contribution in [0.1, 0.15) is 22.3 Å². The van der Waals surface area contributed by atoms with Gasteiger partial charge in [-0.3, -0.25) is 0 Å². The Morgan fingerprint density at radius 3 is 3.21 bits per heavy atom. The predicted octanol–water partition coefficient (Wildman–Crippen LogP) is 0.664. The largest absolute Gasteiger partial charge is 0.461 e. The minimum atomic E-state index is -0.476. The molecule has 1 rings (SSSR count). The Morgan fingerprint density at radius 2 is 2.57 bits per heavy atom. The predicted molar refractivity (Wildman–Crippen MR) is 52.0 cm³/mol. The molecule has 0 aliphatic heterocycles. The monoisotopic (exact) mass is 211 g/mol. The van der Waals surface area contributed by atoms with E-state index in [0.29, 0.717) is 11.5 Å². The van der Waals surface area contributed by atoms with Crippen molar-refractivity contribution in [2.45, 2.75) is 6.92 Å². The van der Waals surface area contributed by atoms with Crippen LogP contribution in [0.4, 0.5) is 0 Å². The Hall–Kier alpha value is -1.38. The van der Waals surface area contributed by atoms with Crippen LogP contribution in [-0.4, -0.2) is 29.3 Å². The summed E-state index contributed by atoms with van der Waals surface area (Å²) in [5, 5.41) is 8.49. The molecule has 0 atom stereocenters. The molecule has 0 amide bonds. The molecule has 74 valence electrons. The number of hydrogen-bond donors (Lipinski definition) is 1. The Bertz CT molecular complexity index is 375. The third-order valence-electron chi connectivity index (χ3n) is 1.32. The van der Waals surface area contributed by atoms with Crippen molar-refractivity contribution in [3.63, 3.8) is 0 Å². The van der Waals surface area contributed by atoms with Crippen molar-refractivity contribution >= 4 is 17.3 Å². The number of aliphatic hydroxyl groups is 1. The van der Waals surface area contributed by atoms with Gasteiger partial charge in [0.15, 0.2) is 5.69 Å². The Balaban J connectivity index is 2.87. The van der Waals surface area contributed by atoms with Crippen LogP contribution < -0.4 is 0 Å². The molecule has 1 aromatic rings. The Kier molecular flexibility index (Phi) is 4.11. The van der Waals surface area contributed by atoms with Gasteiger partial charge in [0.25, 0.3) is 0 Å². The van der Waals surface area contributed by atoms with Crippen molar-refractivity contribution in [2.75, 3.05) is 13.2 Å². The van der Waals surface area contributed by atoms with Crippen molar-refractivity contribution in [1.82, 2.24) is 4.98 Å². The molecule has 1 N–H and O–H groups in total. The van der Waals surface area contributed by atoms with Gasteiger partial charge in [-0.1, -0.05) is 11.8 Å². The molecule has 5 heteroatoms. The lowest BCUT2D eigenvalue weighted by atomic mass is 10.3. The zero-order valence-corrected chi connectivity index (χ0v) is 8.43. The van der Waals surface area contributed by atoms with Crippen molar-refractivity contribution in [2.24, 2.45) is 0 Å². The third-order valence-corrected chi connectivity index (χ3v) is 2.06. The van der Waals surface area contributed by atoms with E-state index in [1.807, 2.05) is 0 Å². The van der Waals surface area contributed by atoms with E-state index < -0.39 is 5.97 Å². The molecule has 0 unspecified atom stereocenters. The van der Waals surface area contributed by atoms with Crippen LogP contribution in [0.3, 0.4) is 0 Å². The molecule has 14 heavy (non-hydrogen) atoms. The van der Waals surface area contributed by atoms with Gasteiger partial charge in [-0.15, -0.1) is 11.3 Å². The Morgan fingerprint density at radius 1 is 1.79 bits per heavy atom. The fourth-order valence-corrected chi connectivity index (χ4v) is 1.44. The minimum absolute atomic E-state index is 0.220. The van der Waals surface area contributed by atoms with Gasteiger partial charge >= 0.3 is 5.97 Å². The SMILES string of the molecule is CCOC(=O)c1ncsc1C#CCO. The second kappa shape index (κ2) is 5.37. The molecule has 1 heterocycles. The first kappa shape index (κ1) is 10.7. The number of thiazole rings is 1.